The first-order valence-corrected chi connectivity index (χ1v) is 6.23. The van der Waals surface area contributed by atoms with Gasteiger partial charge in [-0.3, -0.25) is 0 Å². The summed E-state index contributed by atoms with van der Waals surface area (Å²) in [6.07, 6.45) is 4.48. The fraction of sp³-hybridized carbons (Fsp3) is 1.00. The zero-order chi connectivity index (χ0) is 10.4. The van der Waals surface area contributed by atoms with Crippen molar-refractivity contribution >= 4 is 0 Å². The molecule has 1 fully saturated rings. The van der Waals surface area contributed by atoms with E-state index in [1.165, 1.54) is 49.9 Å². The fourth-order valence-corrected chi connectivity index (χ4v) is 2.64. The van der Waals surface area contributed by atoms with Gasteiger partial charge in [0, 0.05) is 0 Å². The second kappa shape index (κ2) is 7.64. The molecule has 0 aromatic rings. The average molecular weight is 280 g/mol. The lowest BCUT2D eigenvalue weighted by molar-refractivity contribution is -0.928. The van der Waals surface area contributed by atoms with Gasteiger partial charge in [-0.1, -0.05) is 20.8 Å². The van der Waals surface area contributed by atoms with Gasteiger partial charge >= 0.3 is 0 Å². The molecule has 0 amide bonds. The molecule has 2 nitrogen and oxygen atoms in total. The monoisotopic (exact) mass is 279 g/mol. The van der Waals surface area contributed by atoms with Crippen LogP contribution in [0.1, 0.15) is 40.0 Å². The maximum absolute atomic E-state index is 5.39. The van der Waals surface area contributed by atoms with Crippen LogP contribution < -0.4 is 17.0 Å². The summed E-state index contributed by atoms with van der Waals surface area (Å²) in [5.41, 5.74) is 0. The molecule has 1 unspecified atom stereocenters. The third-order valence-electron chi connectivity index (χ3n) is 3.09. The predicted molar refractivity (Wildman–Crippen MR) is 60.3 cm³/mol. The van der Waals surface area contributed by atoms with Crippen LogP contribution in [0, 0.1) is 0 Å². The van der Waals surface area contributed by atoms with Crippen LogP contribution >= 0.6 is 0 Å². The summed E-state index contributed by atoms with van der Waals surface area (Å²) in [5, 5.41) is 0. The Labute approximate surface area is 105 Å². The molecule has 1 rings (SSSR count). The maximum atomic E-state index is 5.39. The first-order chi connectivity index (χ1) is 6.76. The van der Waals surface area contributed by atoms with Crippen LogP contribution in [-0.4, -0.2) is 43.4 Å². The van der Waals surface area contributed by atoms with Crippen molar-refractivity contribution in [2.75, 3.05) is 32.8 Å². The Morgan fingerprint density at radius 2 is 1.40 bits per heavy atom. The van der Waals surface area contributed by atoms with Gasteiger partial charge in [-0.2, -0.15) is 0 Å². The minimum atomic E-state index is 0. The molecule has 0 aliphatic carbocycles. The molecule has 0 radical (unpaired) electrons. The van der Waals surface area contributed by atoms with Crippen LogP contribution in [0.4, 0.5) is 0 Å². The van der Waals surface area contributed by atoms with Crippen molar-refractivity contribution in [3.05, 3.63) is 0 Å². The smallest absolute Gasteiger partial charge is 0.130 e. The predicted octanol–water partition coefficient (Wildman–Crippen LogP) is -0.564. The van der Waals surface area contributed by atoms with Crippen molar-refractivity contribution in [3.63, 3.8) is 0 Å². The molecule has 1 heterocycles. The highest BCUT2D eigenvalue weighted by atomic mass is 79.9. The van der Waals surface area contributed by atoms with Crippen molar-refractivity contribution in [2.45, 2.75) is 46.1 Å². The highest BCUT2D eigenvalue weighted by molar-refractivity contribution is 4.68. The summed E-state index contributed by atoms with van der Waals surface area (Å²) in [5.74, 6) is 0. The van der Waals surface area contributed by atoms with Crippen LogP contribution in [0.25, 0.3) is 0 Å². The summed E-state index contributed by atoms with van der Waals surface area (Å²) in [6.45, 7) is 13.2. The van der Waals surface area contributed by atoms with E-state index in [0.717, 1.165) is 6.61 Å². The molecular formula is C12H26BrNO. The zero-order valence-electron chi connectivity index (χ0n) is 10.5. The topological polar surface area (TPSA) is 12.5 Å². The second-order valence-corrected chi connectivity index (χ2v) is 4.65. The van der Waals surface area contributed by atoms with E-state index in [1.54, 1.807) is 0 Å². The van der Waals surface area contributed by atoms with E-state index in [1.807, 2.05) is 0 Å². The number of epoxide rings is 1. The number of quaternary nitrogens is 1. The summed E-state index contributed by atoms with van der Waals surface area (Å²) < 4.78 is 6.69. The highest BCUT2D eigenvalue weighted by Gasteiger charge is 2.35. The number of ether oxygens (including phenoxy) is 1. The van der Waals surface area contributed by atoms with Crippen LogP contribution in [-0.2, 0) is 4.74 Å². The van der Waals surface area contributed by atoms with E-state index in [2.05, 4.69) is 20.8 Å². The molecule has 0 aromatic heterocycles. The Bertz CT molecular complexity index is 143. The summed E-state index contributed by atoms with van der Waals surface area (Å²) in [6, 6.07) is 0. The minimum absolute atomic E-state index is 0. The lowest BCUT2D eigenvalue weighted by Crippen LogP contribution is -3.00. The molecule has 1 saturated heterocycles. The molecular weight excluding hydrogens is 254 g/mol. The van der Waals surface area contributed by atoms with Gasteiger partial charge in [-0.05, 0) is 19.3 Å². The Hall–Kier alpha value is 0.400. The molecule has 1 aliphatic heterocycles. The van der Waals surface area contributed by atoms with Gasteiger partial charge in [0.25, 0.3) is 0 Å². The lowest BCUT2D eigenvalue weighted by Gasteiger charge is -2.38. The van der Waals surface area contributed by atoms with Gasteiger partial charge in [0.05, 0.1) is 26.2 Å². The number of nitrogens with zero attached hydrogens (tertiary/aromatic N) is 1. The van der Waals surface area contributed by atoms with Gasteiger partial charge in [0.15, 0.2) is 0 Å². The highest BCUT2D eigenvalue weighted by Crippen LogP contribution is 2.19. The van der Waals surface area contributed by atoms with Gasteiger partial charge in [0.2, 0.25) is 0 Å². The first kappa shape index (κ1) is 15.4. The third kappa shape index (κ3) is 5.32. The molecule has 0 bridgehead atoms. The van der Waals surface area contributed by atoms with E-state index in [4.69, 9.17) is 4.74 Å². The normalized spacial score (nSPS) is 19.8. The fourth-order valence-electron chi connectivity index (χ4n) is 2.64. The van der Waals surface area contributed by atoms with E-state index < -0.39 is 0 Å². The Morgan fingerprint density at radius 3 is 1.67 bits per heavy atom. The standard InChI is InChI=1S/C12H26NO.BrH/c1-4-7-13(8-5-2,9-6-3)10-12-11-14-12;/h12H,4-11H2,1-3H3;1H/q+1;/p-1. The van der Waals surface area contributed by atoms with Crippen molar-refractivity contribution in [1.29, 1.82) is 0 Å². The Balaban J connectivity index is 0.00000196. The van der Waals surface area contributed by atoms with Crippen LogP contribution in [0.2, 0.25) is 0 Å². The number of rotatable bonds is 8. The van der Waals surface area contributed by atoms with Crippen molar-refractivity contribution in [2.24, 2.45) is 0 Å². The zero-order valence-corrected chi connectivity index (χ0v) is 12.1. The third-order valence-corrected chi connectivity index (χ3v) is 3.09. The minimum Gasteiger partial charge on any atom is -1.00 e. The van der Waals surface area contributed by atoms with Crippen molar-refractivity contribution in [3.8, 4) is 0 Å². The lowest BCUT2D eigenvalue weighted by atomic mass is 10.2. The molecule has 15 heavy (non-hydrogen) atoms. The average Bonchev–Trinajstić information content (AvgIpc) is 2.89. The summed E-state index contributed by atoms with van der Waals surface area (Å²) in [4.78, 5) is 0. The molecule has 3 heteroatoms. The van der Waals surface area contributed by atoms with Gasteiger partial charge in [0.1, 0.15) is 12.6 Å². The molecule has 1 atom stereocenters. The van der Waals surface area contributed by atoms with E-state index in [-0.39, 0.29) is 17.0 Å². The molecule has 0 aromatic carbocycles. The molecule has 0 N–H and O–H groups in total. The van der Waals surface area contributed by atoms with Crippen LogP contribution in [0.15, 0.2) is 0 Å². The Kier molecular flexibility index (Phi) is 7.84. The largest absolute Gasteiger partial charge is 1.00 e. The SMILES string of the molecule is CCC[N+](CCC)(CCC)CC1CO1.[Br-]. The van der Waals surface area contributed by atoms with Crippen molar-refractivity contribution < 1.29 is 26.2 Å². The molecule has 1 aliphatic rings. The Morgan fingerprint density at radius 1 is 1.00 bits per heavy atom. The number of halogens is 1. The van der Waals surface area contributed by atoms with Gasteiger partial charge in [-0.15, -0.1) is 0 Å². The molecule has 0 spiro atoms. The number of hydrogen-bond acceptors (Lipinski definition) is 1. The van der Waals surface area contributed by atoms with Crippen molar-refractivity contribution in [1.82, 2.24) is 0 Å². The first-order valence-electron chi connectivity index (χ1n) is 6.23. The van der Waals surface area contributed by atoms with Gasteiger partial charge in [-0.25, -0.2) is 0 Å². The maximum Gasteiger partial charge on any atom is 0.130 e. The van der Waals surface area contributed by atoms with E-state index in [0.29, 0.717) is 6.10 Å². The molecule has 92 valence electrons. The van der Waals surface area contributed by atoms with E-state index >= 15 is 0 Å². The second-order valence-electron chi connectivity index (χ2n) is 4.65. The summed E-state index contributed by atoms with van der Waals surface area (Å²) in [7, 11) is 0. The van der Waals surface area contributed by atoms with Gasteiger partial charge < -0.3 is 26.2 Å². The van der Waals surface area contributed by atoms with E-state index in [9.17, 15) is 0 Å². The van der Waals surface area contributed by atoms with Crippen LogP contribution in [0.3, 0.4) is 0 Å². The molecule has 0 saturated carbocycles. The number of hydrogen-bond donors (Lipinski definition) is 0. The van der Waals surface area contributed by atoms with Crippen LogP contribution in [0.5, 0.6) is 0 Å². The quantitative estimate of drug-likeness (QED) is 0.429. The summed E-state index contributed by atoms with van der Waals surface area (Å²) >= 11 is 0.